The maximum absolute atomic E-state index is 12.7. The molecular weight excluding hydrogens is 300 g/mol. The highest BCUT2D eigenvalue weighted by Crippen LogP contribution is 2.13. The van der Waals surface area contributed by atoms with E-state index in [-0.39, 0.29) is 5.78 Å². The highest BCUT2D eigenvalue weighted by atomic mass is 28.3. The lowest BCUT2D eigenvalue weighted by molar-refractivity contribution is 0.103. The maximum atomic E-state index is 12.7. The van der Waals surface area contributed by atoms with Crippen LogP contribution in [-0.2, 0) is 0 Å². The van der Waals surface area contributed by atoms with Crippen molar-refractivity contribution in [3.05, 3.63) is 59.7 Å². The minimum Gasteiger partial charge on any atom is -0.289 e. The van der Waals surface area contributed by atoms with Crippen LogP contribution in [0.1, 0.15) is 15.9 Å². The molecule has 116 valence electrons. The van der Waals surface area contributed by atoms with Gasteiger partial charge in [-0.1, -0.05) is 98.2 Å². The zero-order valence-corrected chi connectivity index (χ0v) is 16.5. The molecule has 0 spiro atoms. The number of carbonyl (C=O) groups is 1. The lowest BCUT2D eigenvalue weighted by Gasteiger charge is -2.28. The van der Waals surface area contributed by atoms with Crippen molar-refractivity contribution in [1.29, 1.82) is 0 Å². The van der Waals surface area contributed by atoms with Crippen LogP contribution in [-0.4, -0.2) is 21.9 Å². The summed E-state index contributed by atoms with van der Waals surface area (Å²) in [6.45, 7) is 14.2. The summed E-state index contributed by atoms with van der Waals surface area (Å²) < 4.78 is 0. The lowest BCUT2D eigenvalue weighted by Crippen LogP contribution is -2.56. The first kappa shape index (κ1) is 16.9. The van der Waals surface area contributed by atoms with Gasteiger partial charge in [0, 0.05) is 11.1 Å². The number of carbonyl (C=O) groups excluding carboxylic acids is 1. The van der Waals surface area contributed by atoms with E-state index < -0.39 is 16.1 Å². The Morgan fingerprint density at radius 1 is 0.682 bits per heavy atom. The van der Waals surface area contributed by atoms with Crippen molar-refractivity contribution in [3.8, 4) is 0 Å². The zero-order chi connectivity index (χ0) is 16.5. The molecule has 1 nitrogen and oxygen atoms in total. The Balaban J connectivity index is 2.55. The molecule has 0 aliphatic rings. The topological polar surface area (TPSA) is 17.1 Å². The van der Waals surface area contributed by atoms with Crippen molar-refractivity contribution in [3.63, 3.8) is 0 Å². The van der Waals surface area contributed by atoms with E-state index in [0.29, 0.717) is 0 Å². The smallest absolute Gasteiger partial charge is 0.193 e. The molecule has 2 rings (SSSR count). The SMILES string of the molecule is C[Si](C)(C)c1ccc(C(=O)c2ccccc2)cc1[Si](C)(C)C. The summed E-state index contributed by atoms with van der Waals surface area (Å²) in [6.07, 6.45) is 0. The van der Waals surface area contributed by atoms with Gasteiger partial charge in [0.25, 0.3) is 0 Å². The molecule has 0 aliphatic heterocycles. The summed E-state index contributed by atoms with van der Waals surface area (Å²) in [7, 11) is -2.88. The zero-order valence-electron chi connectivity index (χ0n) is 14.5. The van der Waals surface area contributed by atoms with E-state index >= 15 is 0 Å². The molecule has 0 heterocycles. The Bertz CT molecular complexity index is 677. The van der Waals surface area contributed by atoms with E-state index in [4.69, 9.17) is 0 Å². The third kappa shape index (κ3) is 3.65. The molecule has 0 radical (unpaired) electrons. The van der Waals surface area contributed by atoms with E-state index in [1.807, 2.05) is 36.4 Å². The Labute approximate surface area is 136 Å². The van der Waals surface area contributed by atoms with Crippen molar-refractivity contribution >= 4 is 32.3 Å². The number of rotatable bonds is 4. The molecule has 0 atom stereocenters. The minimum absolute atomic E-state index is 0.127. The number of ketones is 1. The fourth-order valence-corrected chi connectivity index (χ4v) is 7.91. The first-order chi connectivity index (χ1) is 10.1. The Morgan fingerprint density at radius 3 is 1.73 bits per heavy atom. The first-order valence-corrected chi connectivity index (χ1v) is 14.9. The number of hydrogen-bond donors (Lipinski definition) is 0. The standard InChI is InChI=1S/C19H26OSi2/c1-21(2,3)17-13-12-16(14-18(17)22(4,5)6)19(20)15-10-8-7-9-11-15/h7-14H,1-6H3. The van der Waals surface area contributed by atoms with Crippen molar-refractivity contribution in [2.45, 2.75) is 39.3 Å². The van der Waals surface area contributed by atoms with Crippen molar-refractivity contribution in [2.24, 2.45) is 0 Å². The van der Waals surface area contributed by atoms with Crippen molar-refractivity contribution in [1.82, 2.24) is 0 Å². The fourth-order valence-electron chi connectivity index (χ4n) is 2.72. The van der Waals surface area contributed by atoms with Gasteiger partial charge < -0.3 is 0 Å². The Morgan fingerprint density at radius 2 is 1.23 bits per heavy atom. The third-order valence-electron chi connectivity index (χ3n) is 3.93. The summed E-state index contributed by atoms with van der Waals surface area (Å²) in [6, 6.07) is 16.0. The van der Waals surface area contributed by atoms with Gasteiger partial charge in [0.2, 0.25) is 0 Å². The second-order valence-electron chi connectivity index (χ2n) is 7.96. The predicted octanol–water partition coefficient (Wildman–Crippen LogP) is 4.01. The van der Waals surface area contributed by atoms with Crippen LogP contribution in [0.3, 0.4) is 0 Å². The van der Waals surface area contributed by atoms with Crippen LogP contribution >= 0.6 is 0 Å². The van der Waals surface area contributed by atoms with Crippen LogP contribution in [0.15, 0.2) is 48.5 Å². The number of hydrogen-bond acceptors (Lipinski definition) is 1. The van der Waals surface area contributed by atoms with Crippen LogP contribution in [0.5, 0.6) is 0 Å². The monoisotopic (exact) mass is 326 g/mol. The minimum atomic E-state index is -1.48. The Kier molecular flexibility index (Phi) is 4.59. The van der Waals surface area contributed by atoms with Crippen LogP contribution in [0.4, 0.5) is 0 Å². The molecule has 0 saturated heterocycles. The molecule has 0 fully saturated rings. The molecule has 3 heteroatoms. The molecular formula is C19H26OSi2. The van der Waals surface area contributed by atoms with Crippen LogP contribution in [0.25, 0.3) is 0 Å². The Hall–Kier alpha value is -1.46. The lowest BCUT2D eigenvalue weighted by atomic mass is 10.0. The van der Waals surface area contributed by atoms with Gasteiger partial charge in [-0.3, -0.25) is 4.79 Å². The third-order valence-corrected chi connectivity index (χ3v) is 8.27. The second-order valence-corrected chi connectivity index (χ2v) is 18.0. The van der Waals surface area contributed by atoms with Gasteiger partial charge in [-0.15, -0.1) is 0 Å². The van der Waals surface area contributed by atoms with Crippen LogP contribution in [0, 0.1) is 0 Å². The van der Waals surface area contributed by atoms with Gasteiger partial charge >= 0.3 is 0 Å². The van der Waals surface area contributed by atoms with Gasteiger partial charge in [0.05, 0.1) is 16.1 Å². The second kappa shape index (κ2) is 5.97. The maximum Gasteiger partial charge on any atom is 0.193 e. The van der Waals surface area contributed by atoms with E-state index in [2.05, 4.69) is 51.4 Å². The first-order valence-electron chi connectivity index (χ1n) is 7.85. The highest BCUT2D eigenvalue weighted by Gasteiger charge is 2.28. The molecule has 0 N–H and O–H groups in total. The largest absolute Gasteiger partial charge is 0.289 e. The number of benzene rings is 2. The van der Waals surface area contributed by atoms with E-state index in [1.165, 1.54) is 10.4 Å². The quantitative estimate of drug-likeness (QED) is 0.613. The molecule has 0 unspecified atom stereocenters. The molecule has 22 heavy (non-hydrogen) atoms. The summed E-state index contributed by atoms with van der Waals surface area (Å²) in [4.78, 5) is 12.7. The molecule has 0 aliphatic carbocycles. The molecule has 2 aromatic carbocycles. The van der Waals surface area contributed by atoms with Gasteiger partial charge in [-0.25, -0.2) is 0 Å². The summed E-state index contributed by atoms with van der Waals surface area (Å²) in [5, 5.41) is 2.96. The van der Waals surface area contributed by atoms with E-state index in [1.54, 1.807) is 0 Å². The summed E-state index contributed by atoms with van der Waals surface area (Å²) in [5.41, 5.74) is 1.59. The predicted molar refractivity (Wildman–Crippen MR) is 102 cm³/mol. The average Bonchev–Trinajstić information content (AvgIpc) is 2.45. The molecule has 0 aromatic heterocycles. The van der Waals surface area contributed by atoms with Crippen LogP contribution < -0.4 is 10.4 Å². The fraction of sp³-hybridized carbons (Fsp3) is 0.316. The summed E-state index contributed by atoms with van der Waals surface area (Å²) in [5.74, 6) is 0.127. The van der Waals surface area contributed by atoms with Crippen molar-refractivity contribution in [2.75, 3.05) is 0 Å². The van der Waals surface area contributed by atoms with Gasteiger partial charge in [-0.2, -0.15) is 0 Å². The van der Waals surface area contributed by atoms with Gasteiger partial charge in [0.1, 0.15) is 0 Å². The molecule has 0 bridgehead atoms. The molecule has 2 aromatic rings. The summed E-state index contributed by atoms with van der Waals surface area (Å²) >= 11 is 0. The average molecular weight is 327 g/mol. The highest BCUT2D eigenvalue weighted by molar-refractivity contribution is 6.98. The van der Waals surface area contributed by atoms with Crippen molar-refractivity contribution < 1.29 is 4.79 Å². The van der Waals surface area contributed by atoms with Gasteiger partial charge in [-0.05, 0) is 0 Å². The van der Waals surface area contributed by atoms with Gasteiger partial charge in [0.15, 0.2) is 5.78 Å². The molecule has 0 amide bonds. The normalized spacial score (nSPS) is 12.3. The van der Waals surface area contributed by atoms with Crippen LogP contribution in [0.2, 0.25) is 39.3 Å². The molecule has 0 saturated carbocycles. The van der Waals surface area contributed by atoms with E-state index in [0.717, 1.165) is 11.1 Å². The van der Waals surface area contributed by atoms with E-state index in [9.17, 15) is 4.79 Å².